The Balaban J connectivity index is 1.74. The Bertz CT molecular complexity index is 1060. The van der Waals surface area contributed by atoms with Crippen molar-refractivity contribution in [3.8, 4) is 11.1 Å². The summed E-state index contributed by atoms with van der Waals surface area (Å²) in [5.41, 5.74) is 7.46. The van der Waals surface area contributed by atoms with Crippen molar-refractivity contribution in [1.29, 1.82) is 0 Å². The predicted octanol–water partition coefficient (Wildman–Crippen LogP) is 5.69. The van der Waals surface area contributed by atoms with Crippen LogP contribution in [0.25, 0.3) is 23.3 Å². The van der Waals surface area contributed by atoms with Crippen LogP contribution >= 0.6 is 9.24 Å². The van der Waals surface area contributed by atoms with Gasteiger partial charge >= 0.3 is 5.97 Å². The third-order valence-electron chi connectivity index (χ3n) is 5.42. The Morgan fingerprint density at radius 3 is 2.70 bits per heavy atom. The molecule has 0 aliphatic heterocycles. The van der Waals surface area contributed by atoms with Gasteiger partial charge in [-0.2, -0.15) is 0 Å². The van der Waals surface area contributed by atoms with Crippen molar-refractivity contribution in [3.63, 3.8) is 0 Å². The largest absolute Gasteiger partial charge is 0.478 e. The number of carboxylic acid groups (broad SMARTS) is 1. The van der Waals surface area contributed by atoms with Crippen LogP contribution in [0.3, 0.4) is 0 Å². The minimum absolute atomic E-state index is 0.564. The first-order chi connectivity index (χ1) is 14.6. The molecule has 30 heavy (non-hydrogen) atoms. The summed E-state index contributed by atoms with van der Waals surface area (Å²) in [6, 6.07) is 8.68. The van der Waals surface area contributed by atoms with E-state index in [1.165, 1.54) is 51.8 Å². The molecule has 0 bridgehead atoms. The fraction of sp³-hybridized carbons (Fsp3) is 0.231. The lowest BCUT2D eigenvalue weighted by molar-refractivity contribution is -0.131. The molecule has 2 aliphatic rings. The number of carbonyl (C=O) groups is 1. The van der Waals surface area contributed by atoms with Crippen molar-refractivity contribution in [2.24, 2.45) is 0 Å². The Morgan fingerprint density at radius 1 is 1.17 bits per heavy atom. The molecule has 1 N–H and O–H groups in total. The van der Waals surface area contributed by atoms with Crippen molar-refractivity contribution >= 4 is 32.7 Å². The van der Waals surface area contributed by atoms with Crippen LogP contribution in [-0.4, -0.2) is 16.1 Å². The van der Waals surface area contributed by atoms with Crippen molar-refractivity contribution in [2.75, 3.05) is 0 Å². The summed E-state index contributed by atoms with van der Waals surface area (Å²) >= 11 is 0. The summed E-state index contributed by atoms with van der Waals surface area (Å²) in [5, 5.41) is 9.83. The molecular formula is C26H26NO2P. The smallest absolute Gasteiger partial charge is 0.328 e. The fourth-order valence-corrected chi connectivity index (χ4v) is 4.02. The fourth-order valence-electron chi connectivity index (χ4n) is 3.83. The molecule has 1 heterocycles. The van der Waals surface area contributed by atoms with Gasteiger partial charge in [0.15, 0.2) is 0 Å². The maximum Gasteiger partial charge on any atom is 0.328 e. The highest BCUT2D eigenvalue weighted by molar-refractivity contribution is 7.27. The summed E-state index contributed by atoms with van der Waals surface area (Å²) in [6.45, 7) is 0. The van der Waals surface area contributed by atoms with E-state index >= 15 is 0 Å². The summed E-state index contributed by atoms with van der Waals surface area (Å²) in [4.78, 5) is 15.7. The molecule has 2 aliphatic carbocycles. The van der Waals surface area contributed by atoms with Crippen LogP contribution < -0.4 is 5.30 Å². The number of benzene rings is 1. The highest BCUT2D eigenvalue weighted by atomic mass is 31.0. The molecule has 1 aromatic heterocycles. The van der Waals surface area contributed by atoms with E-state index in [9.17, 15) is 4.79 Å². The van der Waals surface area contributed by atoms with Crippen molar-refractivity contribution < 1.29 is 9.90 Å². The molecule has 0 saturated heterocycles. The van der Waals surface area contributed by atoms with E-state index < -0.39 is 5.97 Å². The van der Waals surface area contributed by atoms with E-state index in [4.69, 9.17) is 10.1 Å². The minimum atomic E-state index is -0.932. The molecule has 1 atom stereocenters. The summed E-state index contributed by atoms with van der Waals surface area (Å²) in [7, 11) is 2.75. The second kappa shape index (κ2) is 9.36. The zero-order valence-corrected chi connectivity index (χ0v) is 18.1. The highest BCUT2D eigenvalue weighted by Gasteiger charge is 2.30. The predicted molar refractivity (Wildman–Crippen MR) is 128 cm³/mol. The number of fused-ring (bicyclic) bond motifs is 1. The van der Waals surface area contributed by atoms with Crippen molar-refractivity contribution in [2.45, 2.75) is 38.0 Å². The SMILES string of the molecule is O=C(O)/C=C/C=C/C/C=C/c1c(C2CC2)nc2c(c1-c1ccc(P)cc1)C=CCC2. The van der Waals surface area contributed by atoms with E-state index in [0.717, 1.165) is 25.3 Å². The standard InChI is InChI=1S/C26H26NO2P/c28-24(29)11-5-3-1-2-4-9-22-25(18-14-16-20(30)17-15-18)21-8-6-7-10-23(21)27-26(22)19-12-13-19/h1,3-6,8-9,11,14-17,19H,2,7,10,12-13,30H2,(H,28,29)/b3-1+,9-4+,11-5+. The van der Waals surface area contributed by atoms with Crippen molar-refractivity contribution in [1.82, 2.24) is 4.98 Å². The van der Waals surface area contributed by atoms with Crippen LogP contribution in [0.4, 0.5) is 0 Å². The third-order valence-corrected chi connectivity index (χ3v) is 5.80. The van der Waals surface area contributed by atoms with Gasteiger partial charge in [0.1, 0.15) is 0 Å². The zero-order chi connectivity index (χ0) is 20.9. The van der Waals surface area contributed by atoms with Gasteiger partial charge < -0.3 is 5.11 Å². The molecule has 1 unspecified atom stereocenters. The number of aliphatic carboxylic acids is 1. The number of aryl methyl sites for hydroxylation is 1. The molecule has 152 valence electrons. The molecule has 4 heteroatoms. The highest BCUT2D eigenvalue weighted by Crippen LogP contribution is 2.45. The maximum absolute atomic E-state index is 10.5. The number of aromatic nitrogens is 1. The van der Waals surface area contributed by atoms with Gasteiger partial charge in [-0.05, 0) is 48.5 Å². The topological polar surface area (TPSA) is 50.2 Å². The Labute approximate surface area is 180 Å². The number of rotatable bonds is 7. The first-order valence-electron chi connectivity index (χ1n) is 10.5. The lowest BCUT2D eigenvalue weighted by Crippen LogP contribution is -2.07. The van der Waals surface area contributed by atoms with Crippen LogP contribution in [0.2, 0.25) is 0 Å². The molecule has 2 aromatic rings. The van der Waals surface area contributed by atoms with Gasteiger partial charge in [-0.3, -0.25) is 4.98 Å². The van der Waals surface area contributed by atoms with E-state index in [0.29, 0.717) is 5.92 Å². The molecule has 0 radical (unpaired) electrons. The number of allylic oxidation sites excluding steroid dienone is 5. The summed E-state index contributed by atoms with van der Waals surface area (Å²) in [6.07, 6.45) is 20.5. The van der Waals surface area contributed by atoms with E-state index in [1.54, 1.807) is 12.2 Å². The van der Waals surface area contributed by atoms with Gasteiger partial charge in [-0.25, -0.2) is 4.79 Å². The first kappa shape index (κ1) is 20.5. The monoisotopic (exact) mass is 415 g/mol. The zero-order valence-electron chi connectivity index (χ0n) is 16.9. The molecule has 4 rings (SSSR count). The van der Waals surface area contributed by atoms with Crippen LogP contribution in [-0.2, 0) is 11.2 Å². The minimum Gasteiger partial charge on any atom is -0.478 e. The molecular weight excluding hydrogens is 389 g/mol. The molecule has 3 nitrogen and oxygen atoms in total. The average Bonchev–Trinajstić information content (AvgIpc) is 3.58. The Hall–Kier alpha value is -2.77. The van der Waals surface area contributed by atoms with Crippen LogP contribution in [0, 0.1) is 0 Å². The lowest BCUT2D eigenvalue weighted by atomic mass is 9.87. The second-order valence-electron chi connectivity index (χ2n) is 7.75. The van der Waals surface area contributed by atoms with E-state index in [-0.39, 0.29) is 0 Å². The summed E-state index contributed by atoms with van der Waals surface area (Å²) in [5.74, 6) is -0.367. The average molecular weight is 415 g/mol. The quantitative estimate of drug-likeness (QED) is 0.359. The molecule has 1 aromatic carbocycles. The Kier molecular flexibility index (Phi) is 6.40. The van der Waals surface area contributed by atoms with Gasteiger partial charge in [0.2, 0.25) is 0 Å². The number of hydrogen-bond acceptors (Lipinski definition) is 2. The van der Waals surface area contributed by atoms with Crippen LogP contribution in [0.5, 0.6) is 0 Å². The third kappa shape index (κ3) is 4.86. The van der Waals surface area contributed by atoms with Gasteiger partial charge in [-0.15, -0.1) is 9.24 Å². The lowest BCUT2D eigenvalue weighted by Gasteiger charge is -2.21. The first-order valence-corrected chi connectivity index (χ1v) is 11.0. The number of carboxylic acids is 1. The second-order valence-corrected chi connectivity index (χ2v) is 8.41. The van der Waals surface area contributed by atoms with Gasteiger partial charge in [0.05, 0.1) is 5.69 Å². The molecule has 1 fully saturated rings. The Morgan fingerprint density at radius 2 is 1.97 bits per heavy atom. The van der Waals surface area contributed by atoms with Gasteiger partial charge in [-0.1, -0.05) is 66.8 Å². The van der Waals surface area contributed by atoms with E-state index in [1.807, 2.05) is 6.08 Å². The van der Waals surface area contributed by atoms with E-state index in [2.05, 4.69) is 57.8 Å². The molecule has 0 amide bonds. The molecule has 0 spiro atoms. The normalized spacial score (nSPS) is 16.0. The molecule has 1 saturated carbocycles. The number of pyridine rings is 1. The van der Waals surface area contributed by atoms with Gasteiger partial charge in [0.25, 0.3) is 0 Å². The van der Waals surface area contributed by atoms with Crippen molar-refractivity contribution in [3.05, 3.63) is 83.2 Å². The van der Waals surface area contributed by atoms with Gasteiger partial charge in [0, 0.05) is 28.8 Å². The number of hydrogen-bond donors (Lipinski definition) is 1. The van der Waals surface area contributed by atoms with Crippen LogP contribution in [0.1, 0.15) is 54.1 Å². The maximum atomic E-state index is 10.5. The number of nitrogens with zero attached hydrogens (tertiary/aromatic N) is 1. The van der Waals surface area contributed by atoms with Crippen LogP contribution in [0.15, 0.2) is 60.7 Å². The summed E-state index contributed by atoms with van der Waals surface area (Å²) < 4.78 is 0.